The van der Waals surface area contributed by atoms with Gasteiger partial charge in [0.05, 0.1) is 0 Å². The lowest BCUT2D eigenvalue weighted by molar-refractivity contribution is 0.255. The molecule has 0 aliphatic carbocycles. The monoisotopic (exact) mass is 220 g/mol. The number of hydrogen-bond donors (Lipinski definition) is 1. The summed E-state index contributed by atoms with van der Waals surface area (Å²) in [6, 6.07) is 9.32. The van der Waals surface area contributed by atoms with Gasteiger partial charge in [0.25, 0.3) is 0 Å². The lowest BCUT2D eigenvalue weighted by atomic mass is 10.0. The van der Waals surface area contributed by atoms with E-state index < -0.39 is 0 Å². The fraction of sp³-hybridized carbons (Fsp3) is 0.571. The normalized spacial score (nSPS) is 13.4. The predicted octanol–water partition coefficient (Wildman–Crippen LogP) is 2.59. The molecule has 90 valence electrons. The van der Waals surface area contributed by atoms with E-state index in [0.29, 0.717) is 18.5 Å². The molecular formula is C14H24N2. The van der Waals surface area contributed by atoms with Crippen LogP contribution in [0.1, 0.15) is 37.8 Å². The van der Waals surface area contributed by atoms with Gasteiger partial charge in [-0.1, -0.05) is 38.1 Å². The van der Waals surface area contributed by atoms with Crippen molar-refractivity contribution < 1.29 is 0 Å². The number of likely N-dealkylation sites (N-methyl/N-ethyl adjacent to an activating group) is 1. The molecule has 1 rings (SSSR count). The van der Waals surface area contributed by atoms with Gasteiger partial charge in [0, 0.05) is 19.1 Å². The number of nitrogens with zero attached hydrogens (tertiary/aromatic N) is 1. The molecule has 2 nitrogen and oxygen atoms in total. The van der Waals surface area contributed by atoms with E-state index >= 15 is 0 Å². The topological polar surface area (TPSA) is 29.3 Å². The van der Waals surface area contributed by atoms with Crippen LogP contribution in [-0.2, 0) is 6.54 Å². The van der Waals surface area contributed by atoms with E-state index in [1.54, 1.807) is 0 Å². The van der Waals surface area contributed by atoms with Crippen molar-refractivity contribution in [2.24, 2.45) is 5.73 Å². The summed E-state index contributed by atoms with van der Waals surface area (Å²) >= 11 is 0. The van der Waals surface area contributed by atoms with E-state index in [4.69, 9.17) is 5.73 Å². The lowest BCUT2D eigenvalue weighted by Gasteiger charge is -2.23. The molecule has 0 heterocycles. The summed E-state index contributed by atoms with van der Waals surface area (Å²) in [5.74, 6) is 0.606. The third-order valence-corrected chi connectivity index (χ3v) is 3.17. The Morgan fingerprint density at radius 2 is 1.69 bits per heavy atom. The van der Waals surface area contributed by atoms with E-state index in [-0.39, 0.29) is 0 Å². The fourth-order valence-electron chi connectivity index (χ4n) is 1.63. The van der Waals surface area contributed by atoms with Gasteiger partial charge in [-0.05, 0) is 31.0 Å². The van der Waals surface area contributed by atoms with Crippen LogP contribution in [0.4, 0.5) is 0 Å². The van der Waals surface area contributed by atoms with Crippen molar-refractivity contribution in [3.05, 3.63) is 35.4 Å². The zero-order chi connectivity index (χ0) is 12.1. The van der Waals surface area contributed by atoms with E-state index in [2.05, 4.69) is 57.0 Å². The molecule has 2 heteroatoms. The van der Waals surface area contributed by atoms with Crippen LogP contribution in [0.15, 0.2) is 24.3 Å². The third kappa shape index (κ3) is 3.62. The van der Waals surface area contributed by atoms with Gasteiger partial charge in [-0.3, -0.25) is 4.90 Å². The minimum absolute atomic E-state index is 0.435. The summed E-state index contributed by atoms with van der Waals surface area (Å²) in [6.45, 7) is 8.27. The van der Waals surface area contributed by atoms with Gasteiger partial charge < -0.3 is 5.73 Å². The second-order valence-electron chi connectivity index (χ2n) is 4.90. The van der Waals surface area contributed by atoms with Gasteiger partial charge >= 0.3 is 0 Å². The molecule has 0 saturated heterocycles. The third-order valence-electron chi connectivity index (χ3n) is 3.17. The molecule has 0 bridgehead atoms. The highest BCUT2D eigenvalue weighted by Crippen LogP contribution is 2.15. The molecule has 16 heavy (non-hydrogen) atoms. The average Bonchev–Trinajstić information content (AvgIpc) is 2.28. The van der Waals surface area contributed by atoms with Gasteiger partial charge in [0.15, 0.2) is 0 Å². The highest BCUT2D eigenvalue weighted by atomic mass is 15.1. The highest BCUT2D eigenvalue weighted by Gasteiger charge is 2.07. The van der Waals surface area contributed by atoms with Gasteiger partial charge in [0.2, 0.25) is 0 Å². The molecule has 2 N–H and O–H groups in total. The predicted molar refractivity (Wildman–Crippen MR) is 70.5 cm³/mol. The van der Waals surface area contributed by atoms with Crippen LogP contribution in [0.2, 0.25) is 0 Å². The van der Waals surface area contributed by atoms with Crippen LogP contribution in [0.3, 0.4) is 0 Å². The molecule has 0 radical (unpaired) electrons. The summed E-state index contributed by atoms with van der Waals surface area (Å²) in [5, 5.41) is 0. The molecule has 1 aromatic rings. The molecule has 1 unspecified atom stereocenters. The molecule has 0 aliphatic heterocycles. The Kier molecular flexibility index (Phi) is 4.97. The van der Waals surface area contributed by atoms with Gasteiger partial charge in [-0.15, -0.1) is 0 Å². The number of rotatable bonds is 5. The number of nitrogens with two attached hydrogens (primary N) is 1. The van der Waals surface area contributed by atoms with Crippen molar-refractivity contribution in [1.82, 2.24) is 4.90 Å². The zero-order valence-electron chi connectivity index (χ0n) is 10.9. The molecule has 0 spiro atoms. The van der Waals surface area contributed by atoms with Crippen molar-refractivity contribution >= 4 is 0 Å². The first-order chi connectivity index (χ1) is 7.54. The summed E-state index contributed by atoms with van der Waals surface area (Å²) in [6.07, 6.45) is 0. The molecule has 0 aromatic heterocycles. The molecular weight excluding hydrogens is 196 g/mol. The maximum atomic E-state index is 5.65. The average molecular weight is 220 g/mol. The second kappa shape index (κ2) is 6.02. The Morgan fingerprint density at radius 3 is 2.12 bits per heavy atom. The molecule has 0 fully saturated rings. The van der Waals surface area contributed by atoms with Crippen LogP contribution >= 0.6 is 0 Å². The quantitative estimate of drug-likeness (QED) is 0.826. The summed E-state index contributed by atoms with van der Waals surface area (Å²) in [4.78, 5) is 2.28. The Hall–Kier alpha value is -0.860. The van der Waals surface area contributed by atoms with Crippen LogP contribution in [0.5, 0.6) is 0 Å². The van der Waals surface area contributed by atoms with E-state index in [0.717, 1.165) is 6.54 Å². The number of hydrogen-bond acceptors (Lipinski definition) is 2. The van der Waals surface area contributed by atoms with E-state index in [9.17, 15) is 0 Å². The lowest BCUT2D eigenvalue weighted by Crippen LogP contribution is -2.34. The second-order valence-corrected chi connectivity index (χ2v) is 4.90. The Labute approximate surface area is 99.5 Å². The molecule has 1 atom stereocenters. The molecule has 0 aliphatic rings. The summed E-state index contributed by atoms with van der Waals surface area (Å²) in [5.41, 5.74) is 8.40. The van der Waals surface area contributed by atoms with Gasteiger partial charge in [-0.2, -0.15) is 0 Å². The van der Waals surface area contributed by atoms with E-state index in [1.165, 1.54) is 11.1 Å². The largest absolute Gasteiger partial charge is 0.329 e. The van der Waals surface area contributed by atoms with Crippen LogP contribution in [0.25, 0.3) is 0 Å². The molecule has 0 amide bonds. The van der Waals surface area contributed by atoms with Crippen LogP contribution in [-0.4, -0.2) is 24.5 Å². The maximum Gasteiger partial charge on any atom is 0.0234 e. The highest BCUT2D eigenvalue weighted by molar-refractivity contribution is 5.24. The standard InChI is InChI=1S/C14H24N2/c1-11(2)14-7-5-13(6-8-14)10-16(4)12(3)9-15/h5-8,11-12H,9-10,15H2,1-4H3. The summed E-state index contributed by atoms with van der Waals surface area (Å²) in [7, 11) is 2.12. The van der Waals surface area contributed by atoms with Gasteiger partial charge in [0.1, 0.15) is 0 Å². The zero-order valence-corrected chi connectivity index (χ0v) is 10.9. The van der Waals surface area contributed by atoms with Crippen molar-refractivity contribution in [3.8, 4) is 0 Å². The Balaban J connectivity index is 2.61. The fourth-order valence-corrected chi connectivity index (χ4v) is 1.63. The minimum Gasteiger partial charge on any atom is -0.329 e. The maximum absolute atomic E-state index is 5.65. The Morgan fingerprint density at radius 1 is 1.12 bits per heavy atom. The van der Waals surface area contributed by atoms with Gasteiger partial charge in [-0.25, -0.2) is 0 Å². The summed E-state index contributed by atoms with van der Waals surface area (Å²) < 4.78 is 0. The first-order valence-corrected chi connectivity index (χ1v) is 6.03. The minimum atomic E-state index is 0.435. The Bertz CT molecular complexity index is 303. The SMILES string of the molecule is CC(C)c1ccc(CN(C)C(C)CN)cc1. The van der Waals surface area contributed by atoms with Crippen molar-refractivity contribution in [3.63, 3.8) is 0 Å². The smallest absolute Gasteiger partial charge is 0.0234 e. The first-order valence-electron chi connectivity index (χ1n) is 6.03. The van der Waals surface area contributed by atoms with Crippen molar-refractivity contribution in [1.29, 1.82) is 0 Å². The molecule has 1 aromatic carbocycles. The number of benzene rings is 1. The van der Waals surface area contributed by atoms with Crippen LogP contribution < -0.4 is 5.73 Å². The van der Waals surface area contributed by atoms with E-state index in [1.807, 2.05) is 0 Å². The first kappa shape index (κ1) is 13.2. The van der Waals surface area contributed by atoms with Crippen molar-refractivity contribution in [2.75, 3.05) is 13.6 Å². The van der Waals surface area contributed by atoms with Crippen LogP contribution in [0, 0.1) is 0 Å². The van der Waals surface area contributed by atoms with Crippen molar-refractivity contribution in [2.45, 2.75) is 39.3 Å². The molecule has 0 saturated carbocycles.